The molecule has 0 unspecified atom stereocenters. The Kier molecular flexibility index (Phi) is 5.22. The highest BCUT2D eigenvalue weighted by Crippen LogP contribution is 2.35. The molecule has 1 aliphatic rings. The summed E-state index contributed by atoms with van der Waals surface area (Å²) in [6.07, 6.45) is 2.87. The third kappa shape index (κ3) is 3.67. The van der Waals surface area contributed by atoms with Crippen LogP contribution in [0.1, 0.15) is 60.7 Å². The first kappa shape index (κ1) is 16.5. The third-order valence-electron chi connectivity index (χ3n) is 4.59. The van der Waals surface area contributed by atoms with Crippen LogP contribution < -0.4 is 5.11 Å². The Morgan fingerprint density at radius 3 is 2.41 bits per heavy atom. The van der Waals surface area contributed by atoms with Crippen molar-refractivity contribution in [1.82, 2.24) is 0 Å². The van der Waals surface area contributed by atoms with Crippen LogP contribution in [-0.4, -0.2) is 18.0 Å². The third-order valence-corrected chi connectivity index (χ3v) is 4.59. The molecule has 3 atom stereocenters. The molecule has 1 saturated carbocycles. The van der Waals surface area contributed by atoms with Crippen molar-refractivity contribution in [2.75, 3.05) is 0 Å². The van der Waals surface area contributed by atoms with Crippen LogP contribution in [0.3, 0.4) is 0 Å². The molecule has 0 aliphatic heterocycles. The Hall–Kier alpha value is -1.84. The fraction of sp³-hybridized carbons (Fsp3) is 0.556. The topological polar surface area (TPSA) is 66.4 Å². The number of rotatable bonds is 4. The monoisotopic (exact) mass is 303 g/mol. The lowest BCUT2D eigenvalue weighted by molar-refractivity contribution is -0.255. The molecule has 0 amide bonds. The molecule has 4 heteroatoms. The molecule has 120 valence electrons. The highest BCUT2D eigenvalue weighted by atomic mass is 16.5. The molecule has 0 radical (unpaired) electrons. The van der Waals surface area contributed by atoms with Gasteiger partial charge in [-0.15, -0.1) is 0 Å². The molecule has 0 bridgehead atoms. The van der Waals surface area contributed by atoms with Gasteiger partial charge in [0.15, 0.2) is 0 Å². The zero-order valence-corrected chi connectivity index (χ0v) is 13.4. The van der Waals surface area contributed by atoms with Gasteiger partial charge in [-0.25, -0.2) is 4.79 Å². The number of carboxylic acids is 1. The average molecular weight is 303 g/mol. The summed E-state index contributed by atoms with van der Waals surface area (Å²) in [6.45, 7) is 6.43. The second kappa shape index (κ2) is 6.95. The van der Waals surface area contributed by atoms with Crippen molar-refractivity contribution in [2.45, 2.75) is 46.1 Å². The summed E-state index contributed by atoms with van der Waals surface area (Å²) in [7, 11) is 0. The van der Waals surface area contributed by atoms with Gasteiger partial charge in [0.25, 0.3) is 0 Å². The minimum absolute atomic E-state index is 0.0724. The van der Waals surface area contributed by atoms with Gasteiger partial charge in [-0.2, -0.15) is 0 Å². The summed E-state index contributed by atoms with van der Waals surface area (Å²) in [6, 6.07) is 6.05. The van der Waals surface area contributed by atoms with Gasteiger partial charge >= 0.3 is 5.97 Å². The smallest absolute Gasteiger partial charge is 0.339 e. The number of benzene rings is 1. The van der Waals surface area contributed by atoms with E-state index in [9.17, 15) is 14.7 Å². The van der Waals surface area contributed by atoms with E-state index in [1.54, 1.807) is 12.1 Å². The van der Waals surface area contributed by atoms with Crippen molar-refractivity contribution in [1.29, 1.82) is 0 Å². The second-order valence-electron chi connectivity index (χ2n) is 6.60. The summed E-state index contributed by atoms with van der Waals surface area (Å²) in [5.74, 6) is -0.643. The molecule has 4 nitrogen and oxygen atoms in total. The Morgan fingerprint density at radius 2 is 1.82 bits per heavy atom. The Morgan fingerprint density at radius 1 is 1.18 bits per heavy atom. The largest absolute Gasteiger partial charge is 0.545 e. The van der Waals surface area contributed by atoms with Crippen molar-refractivity contribution in [3.05, 3.63) is 35.4 Å². The van der Waals surface area contributed by atoms with Crippen LogP contribution in [0.15, 0.2) is 24.3 Å². The van der Waals surface area contributed by atoms with Crippen LogP contribution in [0, 0.1) is 17.8 Å². The van der Waals surface area contributed by atoms with Crippen molar-refractivity contribution in [2.24, 2.45) is 17.8 Å². The van der Waals surface area contributed by atoms with Crippen LogP contribution >= 0.6 is 0 Å². The molecule has 0 spiro atoms. The van der Waals surface area contributed by atoms with E-state index >= 15 is 0 Å². The highest BCUT2D eigenvalue weighted by Gasteiger charge is 2.33. The lowest BCUT2D eigenvalue weighted by Crippen LogP contribution is -2.36. The minimum atomic E-state index is -1.36. The van der Waals surface area contributed by atoms with Gasteiger partial charge in [0.2, 0.25) is 0 Å². The SMILES string of the molecule is CC(C)[C@@H]1CC[C@H](C)C[C@H]1OC(=O)c1ccccc1C(=O)[O-]. The normalized spacial score (nSPS) is 25.0. The Labute approximate surface area is 131 Å². The number of hydrogen-bond acceptors (Lipinski definition) is 4. The van der Waals surface area contributed by atoms with Gasteiger partial charge in [-0.3, -0.25) is 0 Å². The average Bonchev–Trinajstić information content (AvgIpc) is 2.46. The number of esters is 1. The van der Waals surface area contributed by atoms with Gasteiger partial charge < -0.3 is 14.6 Å². The number of carbonyl (C=O) groups is 2. The molecule has 0 N–H and O–H groups in total. The van der Waals surface area contributed by atoms with Crippen LogP contribution in [-0.2, 0) is 4.74 Å². The zero-order valence-electron chi connectivity index (χ0n) is 13.4. The first-order valence-electron chi connectivity index (χ1n) is 7.91. The molecule has 0 heterocycles. The molecule has 1 aromatic rings. The van der Waals surface area contributed by atoms with E-state index in [1.165, 1.54) is 12.1 Å². The second-order valence-corrected chi connectivity index (χ2v) is 6.60. The predicted octanol–water partition coefficient (Wildman–Crippen LogP) is 2.67. The number of ether oxygens (including phenoxy) is 1. The minimum Gasteiger partial charge on any atom is -0.545 e. The number of carboxylic acid groups (broad SMARTS) is 1. The van der Waals surface area contributed by atoms with E-state index in [0.29, 0.717) is 17.8 Å². The number of aromatic carboxylic acids is 1. The molecule has 1 aliphatic carbocycles. The quantitative estimate of drug-likeness (QED) is 0.802. The van der Waals surface area contributed by atoms with E-state index in [-0.39, 0.29) is 17.2 Å². The lowest BCUT2D eigenvalue weighted by Gasteiger charge is -2.36. The maximum Gasteiger partial charge on any atom is 0.339 e. The van der Waals surface area contributed by atoms with Crippen molar-refractivity contribution >= 4 is 11.9 Å². The molecule has 22 heavy (non-hydrogen) atoms. The summed E-state index contributed by atoms with van der Waals surface area (Å²) in [5.41, 5.74) is -0.0410. The Bertz CT molecular complexity index is 550. The Balaban J connectivity index is 2.18. The summed E-state index contributed by atoms with van der Waals surface area (Å²) < 4.78 is 5.68. The van der Waals surface area contributed by atoms with Gasteiger partial charge in [0.05, 0.1) is 11.5 Å². The lowest BCUT2D eigenvalue weighted by atomic mass is 9.75. The van der Waals surface area contributed by atoms with Crippen LogP contribution in [0.25, 0.3) is 0 Å². The predicted molar refractivity (Wildman–Crippen MR) is 81.3 cm³/mol. The maximum atomic E-state index is 12.4. The fourth-order valence-electron chi connectivity index (χ4n) is 3.29. The van der Waals surface area contributed by atoms with E-state index < -0.39 is 11.9 Å². The molecular weight excluding hydrogens is 280 g/mol. The van der Waals surface area contributed by atoms with Gasteiger partial charge in [-0.1, -0.05) is 45.4 Å². The molecule has 2 rings (SSSR count). The van der Waals surface area contributed by atoms with E-state index in [1.807, 2.05) is 0 Å². The van der Waals surface area contributed by atoms with E-state index in [2.05, 4.69) is 20.8 Å². The molecule has 0 saturated heterocycles. The molecule has 0 aromatic heterocycles. The first-order chi connectivity index (χ1) is 10.4. The highest BCUT2D eigenvalue weighted by molar-refractivity contribution is 6.01. The first-order valence-corrected chi connectivity index (χ1v) is 7.91. The number of hydrogen-bond donors (Lipinski definition) is 0. The zero-order chi connectivity index (χ0) is 16.3. The molecular formula is C18H23O4-. The van der Waals surface area contributed by atoms with E-state index in [0.717, 1.165) is 19.3 Å². The standard InChI is InChI=1S/C18H24O4/c1-11(2)13-9-8-12(3)10-16(13)22-18(21)15-7-5-4-6-14(15)17(19)20/h4-7,11-13,16H,8-10H2,1-3H3,(H,19,20)/p-1/t12-,13-,16+/m0/s1. The summed E-state index contributed by atoms with van der Waals surface area (Å²) >= 11 is 0. The van der Waals surface area contributed by atoms with Gasteiger partial charge in [-0.05, 0) is 36.7 Å². The van der Waals surface area contributed by atoms with Crippen molar-refractivity contribution in [3.63, 3.8) is 0 Å². The van der Waals surface area contributed by atoms with Gasteiger partial charge in [0.1, 0.15) is 6.10 Å². The van der Waals surface area contributed by atoms with Crippen LogP contribution in [0.2, 0.25) is 0 Å². The summed E-state index contributed by atoms with van der Waals surface area (Å²) in [4.78, 5) is 23.5. The van der Waals surface area contributed by atoms with Crippen molar-refractivity contribution < 1.29 is 19.4 Å². The maximum absolute atomic E-state index is 12.4. The van der Waals surface area contributed by atoms with E-state index in [4.69, 9.17) is 4.74 Å². The molecule has 1 aromatic carbocycles. The van der Waals surface area contributed by atoms with Crippen LogP contribution in [0.4, 0.5) is 0 Å². The fourth-order valence-corrected chi connectivity index (χ4v) is 3.29. The number of carbonyl (C=O) groups excluding carboxylic acids is 2. The van der Waals surface area contributed by atoms with Crippen molar-refractivity contribution in [3.8, 4) is 0 Å². The van der Waals surface area contributed by atoms with Crippen LogP contribution in [0.5, 0.6) is 0 Å². The molecule has 1 fully saturated rings. The van der Waals surface area contributed by atoms with Gasteiger partial charge in [0, 0.05) is 5.56 Å². The summed E-state index contributed by atoms with van der Waals surface area (Å²) in [5, 5.41) is 11.1.